The Hall–Kier alpha value is -1.86. The maximum atomic E-state index is 12.2. The zero-order valence-electron chi connectivity index (χ0n) is 12.8. The molecule has 0 atom stereocenters. The van der Waals surface area contributed by atoms with Gasteiger partial charge in [-0.05, 0) is 17.7 Å². The van der Waals surface area contributed by atoms with Crippen molar-refractivity contribution in [2.45, 2.75) is 26.2 Å². The summed E-state index contributed by atoms with van der Waals surface area (Å²) in [5.74, 6) is 1.22. The molecule has 0 saturated heterocycles. The van der Waals surface area contributed by atoms with Gasteiger partial charge in [-0.15, -0.1) is 10.2 Å². The third-order valence-electron chi connectivity index (χ3n) is 3.20. The number of carbonyl (C=O) groups is 1. The van der Waals surface area contributed by atoms with Gasteiger partial charge in [-0.1, -0.05) is 36.8 Å². The number of anilines is 1. The van der Waals surface area contributed by atoms with E-state index in [1.165, 1.54) is 11.3 Å². The molecule has 1 N–H and O–H groups in total. The smallest absolute Gasteiger partial charge is 0.230 e. The Labute approximate surface area is 142 Å². The molecule has 0 unspecified atom stereocenters. The van der Waals surface area contributed by atoms with Crippen molar-refractivity contribution in [1.82, 2.24) is 10.2 Å². The van der Waals surface area contributed by atoms with Crippen LogP contribution in [0, 0.1) is 0 Å². The van der Waals surface area contributed by atoms with E-state index in [4.69, 9.17) is 21.1 Å². The molecular weight excluding hydrogens is 338 g/mol. The number of halogens is 1. The molecule has 1 aromatic carbocycles. The van der Waals surface area contributed by atoms with Crippen molar-refractivity contribution in [3.63, 3.8) is 0 Å². The third-order valence-corrected chi connectivity index (χ3v) is 4.62. The van der Waals surface area contributed by atoms with Gasteiger partial charge in [-0.25, -0.2) is 0 Å². The van der Waals surface area contributed by atoms with Crippen LogP contribution < -0.4 is 14.8 Å². The second-order valence-electron chi connectivity index (χ2n) is 5.43. The summed E-state index contributed by atoms with van der Waals surface area (Å²) in [5.41, 5.74) is 0.755. The zero-order valence-corrected chi connectivity index (χ0v) is 14.3. The predicted octanol–water partition coefficient (Wildman–Crippen LogP) is 3.27. The van der Waals surface area contributed by atoms with Gasteiger partial charge in [0.25, 0.3) is 0 Å². The summed E-state index contributed by atoms with van der Waals surface area (Å²) in [6.07, 6.45) is 0.174. The molecule has 2 heterocycles. The zero-order chi connectivity index (χ0) is 16.4. The van der Waals surface area contributed by atoms with Crippen molar-refractivity contribution in [2.24, 2.45) is 0 Å². The first-order valence-electron chi connectivity index (χ1n) is 7.24. The largest absolute Gasteiger partial charge is 0.486 e. The molecule has 122 valence electrons. The second kappa shape index (κ2) is 6.72. The van der Waals surface area contributed by atoms with E-state index in [2.05, 4.69) is 15.5 Å². The molecule has 1 amide bonds. The van der Waals surface area contributed by atoms with Crippen LogP contribution in [0.2, 0.25) is 5.02 Å². The Morgan fingerprint density at radius 1 is 1.35 bits per heavy atom. The number of rotatable bonds is 4. The van der Waals surface area contributed by atoms with E-state index in [0.717, 1.165) is 10.6 Å². The highest BCUT2D eigenvalue weighted by molar-refractivity contribution is 7.15. The summed E-state index contributed by atoms with van der Waals surface area (Å²) >= 11 is 7.55. The summed E-state index contributed by atoms with van der Waals surface area (Å²) in [5, 5.41) is 12.6. The molecule has 8 heteroatoms. The SMILES string of the molecule is CC(C)c1nnc(NC(=O)Cc2cc(Cl)c3c(c2)OCCO3)s1. The van der Waals surface area contributed by atoms with Crippen molar-refractivity contribution >= 4 is 34.0 Å². The molecule has 0 spiro atoms. The Bertz CT molecular complexity index is 733. The second-order valence-corrected chi connectivity index (χ2v) is 6.84. The van der Waals surface area contributed by atoms with Crippen LogP contribution in [0.5, 0.6) is 11.5 Å². The predicted molar refractivity (Wildman–Crippen MR) is 88.8 cm³/mol. The number of fused-ring (bicyclic) bond motifs is 1. The van der Waals surface area contributed by atoms with E-state index < -0.39 is 0 Å². The lowest BCUT2D eigenvalue weighted by molar-refractivity contribution is -0.115. The topological polar surface area (TPSA) is 73.3 Å². The highest BCUT2D eigenvalue weighted by Crippen LogP contribution is 2.38. The van der Waals surface area contributed by atoms with Gasteiger partial charge < -0.3 is 14.8 Å². The van der Waals surface area contributed by atoms with Crippen LogP contribution >= 0.6 is 22.9 Å². The monoisotopic (exact) mass is 353 g/mol. The van der Waals surface area contributed by atoms with Crippen molar-refractivity contribution in [3.05, 3.63) is 27.7 Å². The van der Waals surface area contributed by atoms with Crippen molar-refractivity contribution in [1.29, 1.82) is 0 Å². The minimum atomic E-state index is -0.177. The number of hydrogen-bond donors (Lipinski definition) is 1. The average Bonchev–Trinajstić information content (AvgIpc) is 2.96. The molecule has 1 aromatic heterocycles. The quantitative estimate of drug-likeness (QED) is 0.913. The molecular formula is C15H16ClN3O3S. The number of ether oxygens (including phenoxy) is 2. The molecule has 0 saturated carbocycles. The van der Waals surface area contributed by atoms with Crippen LogP contribution in [0.1, 0.15) is 30.3 Å². The normalized spacial score (nSPS) is 13.2. The van der Waals surface area contributed by atoms with E-state index in [0.29, 0.717) is 34.9 Å². The van der Waals surface area contributed by atoms with Crippen molar-refractivity contribution in [2.75, 3.05) is 18.5 Å². The van der Waals surface area contributed by atoms with E-state index >= 15 is 0 Å². The first-order chi connectivity index (χ1) is 11.0. The number of amides is 1. The number of nitrogens with zero attached hydrogens (tertiary/aromatic N) is 2. The Morgan fingerprint density at radius 3 is 2.87 bits per heavy atom. The van der Waals surface area contributed by atoms with Crippen molar-refractivity contribution < 1.29 is 14.3 Å². The fourth-order valence-electron chi connectivity index (χ4n) is 2.13. The van der Waals surface area contributed by atoms with Gasteiger partial charge in [-0.2, -0.15) is 0 Å². The maximum Gasteiger partial charge on any atom is 0.230 e. The van der Waals surface area contributed by atoms with E-state index in [1.807, 2.05) is 13.8 Å². The van der Waals surface area contributed by atoms with E-state index in [-0.39, 0.29) is 18.2 Å². The van der Waals surface area contributed by atoms with Crippen LogP contribution in [0.15, 0.2) is 12.1 Å². The minimum Gasteiger partial charge on any atom is -0.486 e. The van der Waals surface area contributed by atoms with Crippen LogP contribution in [0.4, 0.5) is 5.13 Å². The maximum absolute atomic E-state index is 12.2. The van der Waals surface area contributed by atoms with Crippen LogP contribution in [-0.2, 0) is 11.2 Å². The molecule has 23 heavy (non-hydrogen) atoms. The van der Waals surface area contributed by atoms with Gasteiger partial charge >= 0.3 is 0 Å². The van der Waals surface area contributed by atoms with Crippen LogP contribution in [-0.4, -0.2) is 29.3 Å². The molecule has 0 radical (unpaired) electrons. The molecule has 1 aliphatic rings. The molecule has 0 bridgehead atoms. The molecule has 0 fully saturated rings. The van der Waals surface area contributed by atoms with Gasteiger partial charge in [0, 0.05) is 5.92 Å². The lowest BCUT2D eigenvalue weighted by Gasteiger charge is -2.20. The van der Waals surface area contributed by atoms with Crippen LogP contribution in [0.3, 0.4) is 0 Å². The number of benzene rings is 1. The lowest BCUT2D eigenvalue weighted by atomic mass is 10.1. The van der Waals surface area contributed by atoms with Crippen LogP contribution in [0.25, 0.3) is 0 Å². The summed E-state index contributed by atoms with van der Waals surface area (Å²) in [7, 11) is 0. The Kier molecular flexibility index (Phi) is 4.68. The first kappa shape index (κ1) is 16.0. The molecule has 3 rings (SSSR count). The fourth-order valence-corrected chi connectivity index (χ4v) is 3.18. The van der Waals surface area contributed by atoms with E-state index in [1.54, 1.807) is 12.1 Å². The highest BCUT2D eigenvalue weighted by Gasteiger charge is 2.18. The standard InChI is InChI=1S/C15H16ClN3O3S/c1-8(2)14-18-19-15(23-14)17-12(20)7-9-5-10(16)13-11(6-9)21-3-4-22-13/h5-6,8H,3-4,7H2,1-2H3,(H,17,19,20). The number of nitrogens with one attached hydrogen (secondary N) is 1. The Balaban J connectivity index is 1.69. The molecule has 2 aromatic rings. The number of hydrogen-bond acceptors (Lipinski definition) is 6. The average molecular weight is 354 g/mol. The number of carbonyl (C=O) groups excluding carboxylic acids is 1. The lowest BCUT2D eigenvalue weighted by Crippen LogP contribution is -2.17. The van der Waals surface area contributed by atoms with Crippen molar-refractivity contribution in [3.8, 4) is 11.5 Å². The van der Waals surface area contributed by atoms with Gasteiger partial charge in [0.15, 0.2) is 11.5 Å². The third kappa shape index (κ3) is 3.73. The van der Waals surface area contributed by atoms with Gasteiger partial charge in [-0.3, -0.25) is 4.79 Å². The first-order valence-corrected chi connectivity index (χ1v) is 8.43. The van der Waals surface area contributed by atoms with Gasteiger partial charge in [0.1, 0.15) is 18.2 Å². The summed E-state index contributed by atoms with van der Waals surface area (Å²) in [6, 6.07) is 3.49. The number of aromatic nitrogens is 2. The summed E-state index contributed by atoms with van der Waals surface area (Å²) < 4.78 is 11.0. The Morgan fingerprint density at radius 2 is 2.13 bits per heavy atom. The molecule has 0 aliphatic carbocycles. The minimum absolute atomic E-state index is 0.174. The van der Waals surface area contributed by atoms with Gasteiger partial charge in [0.2, 0.25) is 11.0 Å². The molecule has 6 nitrogen and oxygen atoms in total. The fraction of sp³-hybridized carbons (Fsp3) is 0.400. The highest BCUT2D eigenvalue weighted by atomic mass is 35.5. The molecule has 1 aliphatic heterocycles. The summed E-state index contributed by atoms with van der Waals surface area (Å²) in [6.45, 7) is 5.01. The van der Waals surface area contributed by atoms with Gasteiger partial charge in [0.05, 0.1) is 11.4 Å². The summed E-state index contributed by atoms with van der Waals surface area (Å²) in [4.78, 5) is 12.2. The van der Waals surface area contributed by atoms with E-state index in [9.17, 15) is 4.79 Å².